The first-order chi connectivity index (χ1) is 7.75. The normalized spacial score (nSPS) is 10.0. The Kier molecular flexibility index (Phi) is 2.96. The third-order valence-corrected chi connectivity index (χ3v) is 2.26. The number of carbonyl (C=O) groups is 1. The number of nitrogens with zero attached hydrogens (tertiary/aromatic N) is 1. The molecule has 0 radical (unpaired) electrons. The van der Waals surface area contributed by atoms with Crippen LogP contribution in [0.1, 0.15) is 5.56 Å². The van der Waals surface area contributed by atoms with Crippen molar-refractivity contribution in [3.63, 3.8) is 0 Å². The van der Waals surface area contributed by atoms with Gasteiger partial charge in [0.2, 0.25) is 0 Å². The van der Waals surface area contributed by atoms with Crippen LogP contribution in [0.4, 0.5) is 0 Å². The Labute approximate surface area is 93.4 Å². The summed E-state index contributed by atoms with van der Waals surface area (Å²) in [5.41, 5.74) is 2.59. The highest BCUT2D eigenvalue weighted by Gasteiger charge is 1.98. The SMILES string of the molecule is O=C([O-])Cc1ccc(-c2ccccn2)cc1. The third kappa shape index (κ3) is 2.45. The van der Waals surface area contributed by atoms with E-state index in [1.807, 2.05) is 30.3 Å². The number of rotatable bonds is 3. The van der Waals surface area contributed by atoms with Gasteiger partial charge in [-0.25, -0.2) is 0 Å². The van der Waals surface area contributed by atoms with Crippen LogP contribution in [0.3, 0.4) is 0 Å². The molecule has 3 heteroatoms. The summed E-state index contributed by atoms with van der Waals surface area (Å²) in [5.74, 6) is -1.06. The summed E-state index contributed by atoms with van der Waals surface area (Å²) in [7, 11) is 0. The molecule has 0 aliphatic carbocycles. The first-order valence-corrected chi connectivity index (χ1v) is 4.96. The summed E-state index contributed by atoms with van der Waals surface area (Å²) in [4.78, 5) is 14.6. The maximum atomic E-state index is 10.4. The van der Waals surface area contributed by atoms with Gasteiger partial charge >= 0.3 is 0 Å². The lowest BCUT2D eigenvalue weighted by Gasteiger charge is -2.04. The largest absolute Gasteiger partial charge is 0.550 e. The van der Waals surface area contributed by atoms with Gasteiger partial charge in [0.1, 0.15) is 0 Å². The van der Waals surface area contributed by atoms with Gasteiger partial charge in [0.05, 0.1) is 5.69 Å². The number of carbonyl (C=O) groups excluding carboxylic acids is 1. The van der Waals surface area contributed by atoms with Gasteiger partial charge in [-0.2, -0.15) is 0 Å². The molecular formula is C13H10NO2-. The first kappa shape index (κ1) is 10.4. The van der Waals surface area contributed by atoms with E-state index in [1.165, 1.54) is 0 Å². The topological polar surface area (TPSA) is 53.0 Å². The highest BCUT2D eigenvalue weighted by atomic mass is 16.4. The van der Waals surface area contributed by atoms with Gasteiger partial charge in [-0.15, -0.1) is 0 Å². The average molecular weight is 212 g/mol. The molecule has 0 bridgehead atoms. The molecule has 2 rings (SSSR count). The number of hydrogen-bond acceptors (Lipinski definition) is 3. The predicted octanol–water partition coefficient (Wildman–Crippen LogP) is 1.04. The molecule has 1 heterocycles. The van der Waals surface area contributed by atoms with Crippen molar-refractivity contribution in [2.45, 2.75) is 6.42 Å². The van der Waals surface area contributed by atoms with Gasteiger partial charge in [-0.3, -0.25) is 4.98 Å². The van der Waals surface area contributed by atoms with Crippen molar-refractivity contribution in [1.82, 2.24) is 4.98 Å². The van der Waals surface area contributed by atoms with Crippen molar-refractivity contribution in [3.05, 3.63) is 54.2 Å². The number of carboxylic acids is 1. The Bertz CT molecular complexity index is 477. The van der Waals surface area contributed by atoms with Crippen LogP contribution in [-0.4, -0.2) is 11.0 Å². The van der Waals surface area contributed by atoms with Gasteiger partial charge in [-0.1, -0.05) is 30.3 Å². The van der Waals surface area contributed by atoms with Crippen molar-refractivity contribution >= 4 is 5.97 Å². The van der Waals surface area contributed by atoms with Gasteiger partial charge in [0.25, 0.3) is 0 Å². The Balaban J connectivity index is 2.23. The lowest BCUT2D eigenvalue weighted by Crippen LogP contribution is -2.24. The molecule has 0 fully saturated rings. The Morgan fingerprint density at radius 2 is 1.88 bits per heavy atom. The minimum absolute atomic E-state index is 0.0531. The zero-order valence-corrected chi connectivity index (χ0v) is 8.59. The van der Waals surface area contributed by atoms with Crippen LogP contribution in [0, 0.1) is 0 Å². The van der Waals surface area contributed by atoms with E-state index in [1.54, 1.807) is 18.3 Å². The van der Waals surface area contributed by atoms with E-state index in [4.69, 9.17) is 0 Å². The molecule has 0 atom stereocenters. The van der Waals surface area contributed by atoms with Crippen LogP contribution in [0.2, 0.25) is 0 Å². The average Bonchev–Trinajstić information content (AvgIpc) is 2.30. The van der Waals surface area contributed by atoms with E-state index in [2.05, 4.69) is 4.98 Å². The van der Waals surface area contributed by atoms with E-state index in [9.17, 15) is 9.90 Å². The summed E-state index contributed by atoms with van der Waals surface area (Å²) >= 11 is 0. The second kappa shape index (κ2) is 4.57. The first-order valence-electron chi connectivity index (χ1n) is 4.96. The second-order valence-electron chi connectivity index (χ2n) is 3.46. The number of pyridine rings is 1. The molecule has 1 aromatic heterocycles. The van der Waals surface area contributed by atoms with E-state index in [-0.39, 0.29) is 6.42 Å². The van der Waals surface area contributed by atoms with Crippen molar-refractivity contribution in [2.75, 3.05) is 0 Å². The van der Waals surface area contributed by atoms with Crippen LogP contribution in [0.15, 0.2) is 48.7 Å². The third-order valence-electron chi connectivity index (χ3n) is 2.26. The molecule has 0 saturated carbocycles. The molecule has 3 nitrogen and oxygen atoms in total. The number of carboxylic acid groups (broad SMARTS) is 1. The Morgan fingerprint density at radius 1 is 1.12 bits per heavy atom. The Hall–Kier alpha value is -2.16. The standard InChI is InChI=1S/C13H11NO2/c15-13(16)9-10-4-6-11(7-5-10)12-3-1-2-8-14-12/h1-8H,9H2,(H,15,16)/p-1. The minimum atomic E-state index is -1.06. The van der Waals surface area contributed by atoms with Gasteiger partial charge in [-0.05, 0) is 17.7 Å². The lowest BCUT2D eigenvalue weighted by atomic mass is 10.1. The lowest BCUT2D eigenvalue weighted by molar-refractivity contribution is -0.304. The Morgan fingerprint density at radius 3 is 2.44 bits per heavy atom. The number of hydrogen-bond donors (Lipinski definition) is 0. The summed E-state index contributed by atoms with van der Waals surface area (Å²) in [6, 6.07) is 13.0. The molecule has 0 amide bonds. The highest BCUT2D eigenvalue weighted by molar-refractivity contribution is 5.68. The molecule has 16 heavy (non-hydrogen) atoms. The number of benzene rings is 1. The highest BCUT2D eigenvalue weighted by Crippen LogP contribution is 2.16. The van der Waals surface area contributed by atoms with Gasteiger partial charge in [0.15, 0.2) is 0 Å². The van der Waals surface area contributed by atoms with Crippen LogP contribution in [0.5, 0.6) is 0 Å². The van der Waals surface area contributed by atoms with Crippen LogP contribution >= 0.6 is 0 Å². The molecule has 0 aliphatic heterocycles. The fourth-order valence-corrected chi connectivity index (χ4v) is 1.49. The molecule has 0 aliphatic rings. The maximum absolute atomic E-state index is 10.4. The molecule has 0 N–H and O–H groups in total. The monoisotopic (exact) mass is 212 g/mol. The van der Waals surface area contributed by atoms with Crippen molar-refractivity contribution in [2.24, 2.45) is 0 Å². The zero-order chi connectivity index (χ0) is 11.4. The minimum Gasteiger partial charge on any atom is -0.550 e. The van der Waals surface area contributed by atoms with E-state index in [0.717, 1.165) is 16.8 Å². The van der Waals surface area contributed by atoms with Gasteiger partial charge < -0.3 is 9.90 Å². The molecule has 80 valence electrons. The molecule has 0 unspecified atom stereocenters. The van der Waals surface area contributed by atoms with E-state index in [0.29, 0.717) is 0 Å². The van der Waals surface area contributed by atoms with E-state index < -0.39 is 5.97 Å². The molecule has 0 saturated heterocycles. The van der Waals surface area contributed by atoms with Crippen LogP contribution < -0.4 is 5.11 Å². The van der Waals surface area contributed by atoms with Gasteiger partial charge in [0, 0.05) is 24.2 Å². The van der Waals surface area contributed by atoms with Crippen molar-refractivity contribution < 1.29 is 9.90 Å². The number of aromatic nitrogens is 1. The predicted molar refractivity (Wildman–Crippen MR) is 58.4 cm³/mol. The van der Waals surface area contributed by atoms with Crippen molar-refractivity contribution in [1.29, 1.82) is 0 Å². The molecular weight excluding hydrogens is 202 g/mol. The fourth-order valence-electron chi connectivity index (χ4n) is 1.49. The maximum Gasteiger partial charge on any atom is 0.0701 e. The quantitative estimate of drug-likeness (QED) is 0.763. The molecule has 2 aromatic rings. The second-order valence-corrected chi connectivity index (χ2v) is 3.46. The van der Waals surface area contributed by atoms with Crippen LogP contribution in [-0.2, 0) is 11.2 Å². The van der Waals surface area contributed by atoms with Crippen LogP contribution in [0.25, 0.3) is 11.3 Å². The summed E-state index contributed by atoms with van der Waals surface area (Å²) < 4.78 is 0. The smallest absolute Gasteiger partial charge is 0.0701 e. The fraction of sp³-hybridized carbons (Fsp3) is 0.0769. The van der Waals surface area contributed by atoms with E-state index >= 15 is 0 Å². The zero-order valence-electron chi connectivity index (χ0n) is 8.59. The summed E-state index contributed by atoms with van der Waals surface area (Å²) in [6.07, 6.45) is 1.67. The summed E-state index contributed by atoms with van der Waals surface area (Å²) in [6.45, 7) is 0. The number of aliphatic carboxylic acids is 1. The van der Waals surface area contributed by atoms with Crippen molar-refractivity contribution in [3.8, 4) is 11.3 Å². The molecule has 1 aromatic carbocycles. The molecule has 0 spiro atoms. The summed E-state index contributed by atoms with van der Waals surface area (Å²) in [5, 5.41) is 10.4.